The number of carboxylic acids is 2. The Morgan fingerprint density at radius 1 is 0.571 bits per heavy atom. The molecular formula is C38H24O11. The number of hydrogen-bond donors (Lipinski definition) is 2. The van der Waals surface area contributed by atoms with Crippen LogP contribution in [-0.2, 0) is 11.5 Å². The number of carbonyl (C=O) groups excluding carboxylic acids is 1. The van der Waals surface area contributed by atoms with Gasteiger partial charge in [0.15, 0.2) is 18.0 Å². The number of terminal acetylenes is 1. The third-order valence-electron chi connectivity index (χ3n) is 6.67. The molecule has 2 N–H and O–H groups in total. The van der Waals surface area contributed by atoms with Gasteiger partial charge in [-0.25, -0.2) is 14.4 Å². The molecule has 0 unspecified atom stereocenters. The van der Waals surface area contributed by atoms with E-state index < -0.39 is 17.9 Å². The average molecular weight is 657 g/mol. The van der Waals surface area contributed by atoms with Crippen molar-refractivity contribution >= 4 is 17.9 Å². The van der Waals surface area contributed by atoms with Crippen LogP contribution in [0.25, 0.3) is 11.1 Å². The zero-order valence-electron chi connectivity index (χ0n) is 25.3. The number of rotatable bonds is 12. The molecule has 0 aliphatic carbocycles. The minimum atomic E-state index is -1.31. The molecule has 0 amide bonds. The number of ether oxygens (including phenoxy) is 4. The standard InChI is InChI=1S/C38H24O11/c1-2-44-32-17-19-34(37(41)42)35(23-32)38(43)48-29-12-8-25(9-13-29)26-10-14-30(15-11-26)49-47-24-27-22-31(16-18-33(27)36(39)40)46-21-20-45-28-6-4-3-5-7-28/h1,3-19,22-23H,24H2,(H,39,40)(H,41,42). The van der Waals surface area contributed by atoms with Crippen molar-refractivity contribution in [3.8, 4) is 64.6 Å². The summed E-state index contributed by atoms with van der Waals surface area (Å²) in [4.78, 5) is 46.8. The topological polar surface area (TPSA) is 147 Å². The molecule has 0 aromatic heterocycles. The molecule has 0 aliphatic heterocycles. The maximum Gasteiger partial charge on any atom is 0.344 e. The first-order valence-electron chi connectivity index (χ1n) is 14.3. The van der Waals surface area contributed by atoms with E-state index >= 15 is 0 Å². The average Bonchev–Trinajstić information content (AvgIpc) is 3.11. The molecule has 0 aliphatic rings. The number of esters is 1. The Balaban J connectivity index is 1.17. The van der Waals surface area contributed by atoms with E-state index in [1.807, 2.05) is 12.2 Å². The summed E-state index contributed by atoms with van der Waals surface area (Å²) in [6, 6.07) is 30.4. The second-order valence-corrected chi connectivity index (χ2v) is 9.86. The van der Waals surface area contributed by atoms with Crippen molar-refractivity contribution in [1.82, 2.24) is 0 Å². The van der Waals surface area contributed by atoms with Crippen LogP contribution in [0.5, 0.6) is 28.7 Å². The van der Waals surface area contributed by atoms with Gasteiger partial charge in [0.05, 0.1) is 16.7 Å². The van der Waals surface area contributed by atoms with Gasteiger partial charge in [0.25, 0.3) is 0 Å². The first-order valence-corrected chi connectivity index (χ1v) is 14.3. The molecule has 242 valence electrons. The third kappa shape index (κ3) is 8.95. The Morgan fingerprint density at radius 3 is 1.73 bits per heavy atom. The van der Waals surface area contributed by atoms with Crippen LogP contribution in [0.15, 0.2) is 115 Å². The van der Waals surface area contributed by atoms with Crippen molar-refractivity contribution < 1.29 is 53.3 Å². The second-order valence-electron chi connectivity index (χ2n) is 9.86. The van der Waals surface area contributed by atoms with Gasteiger partial charge in [0, 0.05) is 5.56 Å². The van der Waals surface area contributed by atoms with Crippen molar-refractivity contribution in [3.63, 3.8) is 0 Å². The van der Waals surface area contributed by atoms with Gasteiger partial charge in [-0.1, -0.05) is 48.9 Å². The zero-order valence-corrected chi connectivity index (χ0v) is 25.3. The third-order valence-corrected chi connectivity index (χ3v) is 6.67. The molecule has 0 fully saturated rings. The number of carbonyl (C=O) groups is 3. The van der Waals surface area contributed by atoms with E-state index in [0.717, 1.165) is 11.1 Å². The molecule has 5 rings (SSSR count). The summed E-state index contributed by atoms with van der Waals surface area (Å²) in [6.45, 7) is -0.204. The normalized spacial score (nSPS) is 10.0. The highest BCUT2D eigenvalue weighted by molar-refractivity contribution is 6.03. The van der Waals surface area contributed by atoms with Crippen LogP contribution in [0.2, 0.25) is 0 Å². The van der Waals surface area contributed by atoms with Crippen molar-refractivity contribution in [1.29, 1.82) is 0 Å². The zero-order chi connectivity index (χ0) is 34.6. The van der Waals surface area contributed by atoms with Gasteiger partial charge in [-0.2, -0.15) is 4.89 Å². The van der Waals surface area contributed by atoms with Gasteiger partial charge in [-0.05, 0) is 83.9 Å². The molecule has 49 heavy (non-hydrogen) atoms. The summed E-state index contributed by atoms with van der Waals surface area (Å²) in [5.41, 5.74) is 1.39. The van der Waals surface area contributed by atoms with E-state index in [1.165, 1.54) is 36.4 Å². The van der Waals surface area contributed by atoms with Crippen molar-refractivity contribution in [2.45, 2.75) is 6.61 Å². The highest BCUT2D eigenvalue weighted by atomic mass is 17.2. The minimum absolute atomic E-state index is 0.00248. The molecule has 0 saturated heterocycles. The molecule has 0 heterocycles. The molecule has 0 saturated carbocycles. The fraction of sp³-hybridized carbons (Fsp3) is 0.0263. The first kappa shape index (κ1) is 33.2. The smallest absolute Gasteiger partial charge is 0.344 e. The molecule has 0 spiro atoms. The van der Waals surface area contributed by atoms with Gasteiger partial charge >= 0.3 is 17.9 Å². The predicted octanol–water partition coefficient (Wildman–Crippen LogP) is 6.83. The van der Waals surface area contributed by atoms with Crippen LogP contribution in [-0.4, -0.2) is 28.1 Å². The van der Waals surface area contributed by atoms with Gasteiger partial charge in [-0.15, -0.1) is 0 Å². The van der Waals surface area contributed by atoms with E-state index in [0.29, 0.717) is 17.1 Å². The van der Waals surface area contributed by atoms with Gasteiger partial charge < -0.3 is 34.0 Å². The number of hydrogen-bond acceptors (Lipinski definition) is 9. The van der Waals surface area contributed by atoms with Crippen LogP contribution in [0, 0.1) is 24.7 Å². The van der Waals surface area contributed by atoms with Crippen LogP contribution in [0.3, 0.4) is 0 Å². The van der Waals surface area contributed by atoms with Crippen molar-refractivity contribution in [2.75, 3.05) is 0 Å². The molecule has 0 radical (unpaired) electrons. The fourth-order valence-corrected chi connectivity index (χ4v) is 4.36. The van der Waals surface area contributed by atoms with E-state index in [4.69, 9.17) is 35.1 Å². The molecule has 11 heteroatoms. The van der Waals surface area contributed by atoms with Crippen molar-refractivity contribution in [2.24, 2.45) is 0 Å². The molecule has 0 bridgehead atoms. The van der Waals surface area contributed by atoms with Crippen LogP contribution >= 0.6 is 0 Å². The Bertz CT molecular complexity index is 2070. The highest BCUT2D eigenvalue weighted by Crippen LogP contribution is 2.27. The Labute approximate surface area is 279 Å². The summed E-state index contributed by atoms with van der Waals surface area (Å²) in [5, 5.41) is 19.0. The summed E-state index contributed by atoms with van der Waals surface area (Å²) >= 11 is 0. The fourth-order valence-electron chi connectivity index (χ4n) is 4.36. The molecule has 5 aromatic rings. The monoisotopic (exact) mass is 656 g/mol. The van der Waals surface area contributed by atoms with E-state index in [9.17, 15) is 24.6 Å². The van der Waals surface area contributed by atoms with Gasteiger partial charge in [-0.3, -0.25) is 0 Å². The highest BCUT2D eigenvalue weighted by Gasteiger charge is 2.20. The lowest BCUT2D eigenvalue weighted by Gasteiger charge is -2.10. The van der Waals surface area contributed by atoms with Crippen LogP contribution in [0.1, 0.15) is 36.6 Å². The Kier molecular flexibility index (Phi) is 10.7. The van der Waals surface area contributed by atoms with Crippen LogP contribution < -0.4 is 23.8 Å². The largest absolute Gasteiger partial charge is 0.478 e. The lowest BCUT2D eigenvalue weighted by Crippen LogP contribution is -2.14. The summed E-state index contributed by atoms with van der Waals surface area (Å²) in [7, 11) is 0. The summed E-state index contributed by atoms with van der Waals surface area (Å²) in [5.74, 6) is -1.87. The minimum Gasteiger partial charge on any atom is -0.478 e. The van der Waals surface area contributed by atoms with Gasteiger partial charge in [0.1, 0.15) is 35.7 Å². The van der Waals surface area contributed by atoms with Crippen LogP contribution in [0.4, 0.5) is 0 Å². The number of aromatic carboxylic acids is 2. The van der Waals surface area contributed by atoms with Crippen molar-refractivity contribution in [3.05, 3.63) is 138 Å². The quantitative estimate of drug-likeness (QED) is 0.0479. The Morgan fingerprint density at radius 2 is 1.12 bits per heavy atom. The summed E-state index contributed by atoms with van der Waals surface area (Å²) < 4.78 is 20.9. The molecule has 5 aromatic carbocycles. The van der Waals surface area contributed by atoms with E-state index in [-0.39, 0.29) is 40.5 Å². The van der Waals surface area contributed by atoms with Gasteiger partial charge in [0.2, 0.25) is 0 Å². The molecule has 11 nitrogen and oxygen atoms in total. The Hall–Kier alpha value is -7.21. The lowest BCUT2D eigenvalue weighted by atomic mass is 10.1. The summed E-state index contributed by atoms with van der Waals surface area (Å²) in [6.07, 6.45) is 11.9. The van der Waals surface area contributed by atoms with E-state index in [2.05, 4.69) is 12.2 Å². The number of benzene rings is 5. The molecular weight excluding hydrogens is 632 g/mol. The SMILES string of the molecule is C#COc1ccc(C(=O)O)c(C(=O)Oc2ccc(-c3ccc(OOCc4cc(OC#COc5ccccc5)ccc4C(=O)O)cc3)cc2)c1. The first-order chi connectivity index (χ1) is 23.8. The predicted molar refractivity (Wildman–Crippen MR) is 174 cm³/mol. The molecule has 0 atom stereocenters. The number of para-hydroxylation sites is 1. The van der Waals surface area contributed by atoms with E-state index in [1.54, 1.807) is 72.8 Å². The second kappa shape index (κ2) is 15.9. The maximum absolute atomic E-state index is 12.8. The lowest BCUT2D eigenvalue weighted by molar-refractivity contribution is -0.217. The maximum atomic E-state index is 12.8. The number of carboxylic acid groups (broad SMARTS) is 2.